The lowest BCUT2D eigenvalue weighted by atomic mass is 9.96. The fraction of sp³-hybridized carbons (Fsp3) is 0.867. The van der Waals surface area contributed by atoms with Crippen LogP contribution in [-0.4, -0.2) is 43.3 Å². The van der Waals surface area contributed by atoms with Gasteiger partial charge >= 0.3 is 0 Å². The van der Waals surface area contributed by atoms with Crippen molar-refractivity contribution in [1.29, 1.82) is 0 Å². The van der Waals surface area contributed by atoms with Gasteiger partial charge < -0.3 is 4.74 Å². The van der Waals surface area contributed by atoms with Crippen LogP contribution in [0.5, 0.6) is 0 Å². The first-order valence-electron chi connectivity index (χ1n) is 7.84. The molecule has 1 heterocycles. The average Bonchev–Trinajstić information content (AvgIpc) is 2.70. The fourth-order valence-corrected chi connectivity index (χ4v) is 3.23. The average molecular weight is 267 g/mol. The van der Waals surface area contributed by atoms with Gasteiger partial charge in [0.15, 0.2) is 0 Å². The van der Waals surface area contributed by atoms with Gasteiger partial charge in [-0.05, 0) is 38.6 Å². The molecule has 0 bridgehead atoms. The Hall–Kier alpha value is -0.420. The van der Waals surface area contributed by atoms with Crippen LogP contribution < -0.4 is 11.3 Å². The Morgan fingerprint density at radius 2 is 2.37 bits per heavy atom. The molecule has 0 saturated carbocycles. The van der Waals surface area contributed by atoms with Crippen LogP contribution in [0.1, 0.15) is 45.4 Å². The molecule has 110 valence electrons. The van der Waals surface area contributed by atoms with Crippen LogP contribution in [0.25, 0.3) is 0 Å². The molecular weight excluding hydrogens is 238 g/mol. The highest BCUT2D eigenvalue weighted by atomic mass is 16.5. The second kappa shape index (κ2) is 8.00. The Labute approximate surface area is 117 Å². The van der Waals surface area contributed by atoms with Crippen LogP contribution >= 0.6 is 0 Å². The maximum absolute atomic E-state index is 5.98. The van der Waals surface area contributed by atoms with E-state index in [9.17, 15) is 0 Å². The zero-order valence-corrected chi connectivity index (χ0v) is 12.2. The lowest BCUT2D eigenvalue weighted by molar-refractivity contribution is -0.0408. The minimum atomic E-state index is 0.192. The van der Waals surface area contributed by atoms with Gasteiger partial charge in [-0.25, -0.2) is 0 Å². The summed E-state index contributed by atoms with van der Waals surface area (Å²) in [6.07, 6.45) is 10.1. The molecule has 1 aliphatic carbocycles. The number of rotatable bonds is 5. The number of hydrogen-bond donors (Lipinski definition) is 2. The first-order chi connectivity index (χ1) is 9.35. The monoisotopic (exact) mass is 267 g/mol. The molecule has 0 aromatic heterocycles. The minimum Gasteiger partial charge on any atom is -0.374 e. The maximum Gasteiger partial charge on any atom is 0.0906 e. The van der Waals surface area contributed by atoms with Crippen LogP contribution in [0.4, 0.5) is 0 Å². The molecule has 2 atom stereocenters. The molecule has 0 aromatic carbocycles. The SMILES string of the molecule is CCCN1CCOC(C(NN)C2=CCCCCC2)C1. The van der Waals surface area contributed by atoms with E-state index in [1.165, 1.54) is 44.1 Å². The summed E-state index contributed by atoms with van der Waals surface area (Å²) in [5.41, 5.74) is 4.47. The van der Waals surface area contributed by atoms with Crippen LogP contribution in [0.2, 0.25) is 0 Å². The van der Waals surface area contributed by atoms with Crippen LogP contribution in [-0.2, 0) is 4.74 Å². The number of nitrogens with zero attached hydrogens (tertiary/aromatic N) is 1. The van der Waals surface area contributed by atoms with Crippen molar-refractivity contribution in [2.45, 2.75) is 57.6 Å². The number of nitrogens with one attached hydrogen (secondary N) is 1. The number of hydrazine groups is 1. The third-order valence-electron chi connectivity index (χ3n) is 4.24. The van der Waals surface area contributed by atoms with Crippen molar-refractivity contribution in [1.82, 2.24) is 10.3 Å². The highest BCUT2D eigenvalue weighted by Gasteiger charge is 2.29. The summed E-state index contributed by atoms with van der Waals surface area (Å²) in [6.45, 7) is 6.28. The molecule has 2 aliphatic rings. The van der Waals surface area contributed by atoms with Crippen molar-refractivity contribution in [3.63, 3.8) is 0 Å². The summed E-state index contributed by atoms with van der Waals surface area (Å²) in [7, 11) is 0. The van der Waals surface area contributed by atoms with Gasteiger partial charge in [0.25, 0.3) is 0 Å². The quantitative estimate of drug-likeness (QED) is 0.453. The smallest absolute Gasteiger partial charge is 0.0906 e. The molecule has 0 radical (unpaired) electrons. The molecule has 4 nitrogen and oxygen atoms in total. The molecule has 1 saturated heterocycles. The van der Waals surface area contributed by atoms with E-state index in [1.54, 1.807) is 0 Å². The van der Waals surface area contributed by atoms with Gasteiger partial charge in [-0.1, -0.05) is 25.0 Å². The Morgan fingerprint density at radius 3 is 3.16 bits per heavy atom. The van der Waals surface area contributed by atoms with Crippen LogP contribution in [0.15, 0.2) is 11.6 Å². The standard InChI is InChI=1S/C15H29N3O/c1-2-9-18-10-11-19-14(12-18)15(17-16)13-7-5-3-4-6-8-13/h7,14-15,17H,2-6,8-12,16H2,1H3. The van der Waals surface area contributed by atoms with Crippen molar-refractivity contribution in [3.8, 4) is 0 Å². The predicted molar refractivity (Wildman–Crippen MR) is 78.8 cm³/mol. The van der Waals surface area contributed by atoms with Crippen LogP contribution in [0.3, 0.4) is 0 Å². The van der Waals surface area contributed by atoms with Crippen molar-refractivity contribution >= 4 is 0 Å². The zero-order chi connectivity index (χ0) is 13.5. The Kier molecular flexibility index (Phi) is 6.31. The van der Waals surface area contributed by atoms with Crippen molar-refractivity contribution in [3.05, 3.63) is 11.6 Å². The van der Waals surface area contributed by atoms with E-state index in [1.807, 2.05) is 0 Å². The highest BCUT2D eigenvalue weighted by molar-refractivity contribution is 5.15. The molecule has 19 heavy (non-hydrogen) atoms. The summed E-state index contributed by atoms with van der Waals surface area (Å²) < 4.78 is 5.98. The summed E-state index contributed by atoms with van der Waals surface area (Å²) >= 11 is 0. The van der Waals surface area contributed by atoms with Gasteiger partial charge in [-0.2, -0.15) is 0 Å². The van der Waals surface area contributed by atoms with Crippen molar-refractivity contribution < 1.29 is 4.74 Å². The van der Waals surface area contributed by atoms with E-state index in [2.05, 4.69) is 23.3 Å². The minimum absolute atomic E-state index is 0.192. The van der Waals surface area contributed by atoms with Gasteiger partial charge in [0.1, 0.15) is 0 Å². The lowest BCUT2D eigenvalue weighted by Gasteiger charge is -2.37. The second-order valence-corrected chi connectivity index (χ2v) is 5.73. The first kappa shape index (κ1) is 15.0. The molecule has 3 N–H and O–H groups in total. The maximum atomic E-state index is 5.98. The molecule has 0 aromatic rings. The van der Waals surface area contributed by atoms with Crippen molar-refractivity contribution in [2.75, 3.05) is 26.2 Å². The van der Waals surface area contributed by atoms with Gasteiger partial charge in [0, 0.05) is 13.1 Å². The topological polar surface area (TPSA) is 50.5 Å². The van der Waals surface area contributed by atoms with E-state index >= 15 is 0 Å². The number of nitrogens with two attached hydrogens (primary N) is 1. The number of morpholine rings is 1. The van der Waals surface area contributed by atoms with Gasteiger partial charge in [0.2, 0.25) is 0 Å². The summed E-state index contributed by atoms with van der Waals surface area (Å²) in [5, 5.41) is 0. The van der Waals surface area contributed by atoms with Gasteiger partial charge in [0.05, 0.1) is 18.8 Å². The molecule has 0 spiro atoms. The lowest BCUT2D eigenvalue weighted by Crippen LogP contribution is -2.54. The molecule has 4 heteroatoms. The summed E-state index contributed by atoms with van der Waals surface area (Å²) in [5.74, 6) is 5.82. The fourth-order valence-electron chi connectivity index (χ4n) is 3.23. The van der Waals surface area contributed by atoms with E-state index < -0.39 is 0 Å². The third-order valence-corrected chi connectivity index (χ3v) is 4.24. The summed E-state index contributed by atoms with van der Waals surface area (Å²) in [6, 6.07) is 0.192. The molecule has 1 aliphatic heterocycles. The summed E-state index contributed by atoms with van der Waals surface area (Å²) in [4.78, 5) is 2.50. The number of hydrogen-bond acceptors (Lipinski definition) is 4. The van der Waals surface area contributed by atoms with Crippen molar-refractivity contribution in [2.24, 2.45) is 5.84 Å². The Balaban J connectivity index is 1.97. The van der Waals surface area contributed by atoms with Gasteiger partial charge in [-0.15, -0.1) is 0 Å². The molecule has 1 fully saturated rings. The Bertz CT molecular complexity index is 291. The second-order valence-electron chi connectivity index (χ2n) is 5.73. The number of allylic oxidation sites excluding steroid dienone is 1. The molecule has 2 unspecified atom stereocenters. The van der Waals surface area contributed by atoms with Crippen LogP contribution in [0, 0.1) is 0 Å². The normalized spacial score (nSPS) is 27.7. The highest BCUT2D eigenvalue weighted by Crippen LogP contribution is 2.23. The molecule has 2 rings (SSSR count). The first-order valence-corrected chi connectivity index (χ1v) is 7.84. The molecule has 0 amide bonds. The van der Waals surface area contributed by atoms with E-state index in [0.717, 1.165) is 26.2 Å². The largest absolute Gasteiger partial charge is 0.374 e. The third kappa shape index (κ3) is 4.28. The van der Waals surface area contributed by atoms with E-state index in [4.69, 9.17) is 10.6 Å². The Morgan fingerprint density at radius 1 is 1.47 bits per heavy atom. The predicted octanol–water partition coefficient (Wildman–Crippen LogP) is 1.82. The molecular formula is C15H29N3O. The van der Waals surface area contributed by atoms with E-state index in [0.29, 0.717) is 0 Å². The van der Waals surface area contributed by atoms with Gasteiger partial charge in [-0.3, -0.25) is 16.2 Å². The van der Waals surface area contributed by atoms with E-state index in [-0.39, 0.29) is 12.1 Å². The number of ether oxygens (including phenoxy) is 1. The zero-order valence-electron chi connectivity index (χ0n) is 12.2.